The number of nitrogens with zero attached hydrogens (tertiary/aromatic N) is 1. The summed E-state index contributed by atoms with van der Waals surface area (Å²) in [5, 5.41) is 0. The monoisotopic (exact) mass is 339 g/mol. The lowest BCUT2D eigenvalue weighted by molar-refractivity contribution is 0.0777. The molecular formula is C20H21NO2S. The lowest BCUT2D eigenvalue weighted by atomic mass is 9.95. The molecule has 3 nitrogen and oxygen atoms in total. The van der Waals surface area contributed by atoms with Gasteiger partial charge in [0.2, 0.25) is 0 Å². The highest BCUT2D eigenvalue weighted by atomic mass is 32.2. The molecule has 0 bridgehead atoms. The molecule has 0 aromatic heterocycles. The number of benzene rings is 2. The summed E-state index contributed by atoms with van der Waals surface area (Å²) in [6.45, 7) is 8.52. The topological polar surface area (TPSA) is 37.4 Å². The summed E-state index contributed by atoms with van der Waals surface area (Å²) in [6.07, 6.45) is 0. The second kappa shape index (κ2) is 6.44. The minimum atomic E-state index is -0.228. The highest BCUT2D eigenvalue weighted by Crippen LogP contribution is 2.40. The van der Waals surface area contributed by atoms with E-state index in [2.05, 4.69) is 45.9 Å². The molecule has 0 saturated heterocycles. The van der Waals surface area contributed by atoms with E-state index >= 15 is 0 Å². The Kier molecular flexibility index (Phi) is 4.50. The molecule has 0 atom stereocenters. The first-order chi connectivity index (χ1) is 11.4. The maximum absolute atomic E-state index is 12.7. The molecular weight excluding hydrogens is 318 g/mol. The van der Waals surface area contributed by atoms with Crippen LogP contribution in [0.25, 0.3) is 0 Å². The summed E-state index contributed by atoms with van der Waals surface area (Å²) in [5.74, 6) is 0.186. The van der Waals surface area contributed by atoms with E-state index in [1.807, 2.05) is 0 Å². The molecule has 0 fully saturated rings. The van der Waals surface area contributed by atoms with Crippen molar-refractivity contribution < 1.29 is 9.59 Å². The zero-order chi connectivity index (χ0) is 17.4. The van der Waals surface area contributed by atoms with Crippen molar-refractivity contribution in [2.24, 2.45) is 0 Å². The van der Waals surface area contributed by atoms with E-state index in [0.29, 0.717) is 23.0 Å². The predicted molar refractivity (Wildman–Crippen MR) is 97.4 cm³/mol. The molecule has 0 aliphatic carbocycles. The van der Waals surface area contributed by atoms with E-state index in [1.165, 1.54) is 27.4 Å². The van der Waals surface area contributed by atoms with Crippen molar-refractivity contribution in [2.75, 3.05) is 0 Å². The molecule has 1 heterocycles. The highest BCUT2D eigenvalue weighted by molar-refractivity contribution is 7.98. The van der Waals surface area contributed by atoms with Crippen molar-refractivity contribution >= 4 is 23.8 Å². The SMILES string of the molecule is CC(C)c1cccc(C(C)C)c1SN1C(=O)c2ccccc2C1=O. The van der Waals surface area contributed by atoms with Crippen molar-refractivity contribution in [3.63, 3.8) is 0 Å². The molecule has 0 radical (unpaired) electrons. The third-order valence-corrected chi connectivity index (χ3v) is 5.43. The fourth-order valence-corrected chi connectivity index (χ4v) is 4.29. The molecule has 0 unspecified atom stereocenters. The van der Waals surface area contributed by atoms with Gasteiger partial charge in [0.15, 0.2) is 0 Å². The van der Waals surface area contributed by atoms with Crippen LogP contribution in [0.1, 0.15) is 71.4 Å². The molecule has 4 heteroatoms. The first-order valence-corrected chi connectivity index (χ1v) is 8.97. The van der Waals surface area contributed by atoms with Crippen molar-refractivity contribution in [1.29, 1.82) is 0 Å². The van der Waals surface area contributed by atoms with Crippen LogP contribution in [0.3, 0.4) is 0 Å². The van der Waals surface area contributed by atoms with Gasteiger partial charge in [-0.2, -0.15) is 0 Å². The van der Waals surface area contributed by atoms with Gasteiger partial charge in [0.25, 0.3) is 11.8 Å². The van der Waals surface area contributed by atoms with Gasteiger partial charge >= 0.3 is 0 Å². The lowest BCUT2D eigenvalue weighted by Crippen LogP contribution is -2.22. The number of carbonyl (C=O) groups is 2. The molecule has 0 spiro atoms. The Morgan fingerprint density at radius 1 is 0.750 bits per heavy atom. The predicted octanol–water partition coefficient (Wildman–Crippen LogP) is 5.24. The van der Waals surface area contributed by atoms with Gasteiger partial charge in [-0.3, -0.25) is 9.59 Å². The van der Waals surface area contributed by atoms with Gasteiger partial charge in [-0.1, -0.05) is 58.0 Å². The molecule has 0 saturated carbocycles. The summed E-state index contributed by atoms with van der Waals surface area (Å²) in [4.78, 5) is 26.3. The number of hydrogen-bond donors (Lipinski definition) is 0. The Balaban J connectivity index is 2.04. The average molecular weight is 339 g/mol. The lowest BCUT2D eigenvalue weighted by Gasteiger charge is -2.22. The first-order valence-electron chi connectivity index (χ1n) is 8.20. The largest absolute Gasteiger partial charge is 0.272 e. The summed E-state index contributed by atoms with van der Waals surface area (Å²) >= 11 is 1.27. The van der Waals surface area contributed by atoms with E-state index in [9.17, 15) is 9.59 Å². The van der Waals surface area contributed by atoms with E-state index in [4.69, 9.17) is 0 Å². The fraction of sp³-hybridized carbons (Fsp3) is 0.300. The highest BCUT2D eigenvalue weighted by Gasteiger charge is 2.37. The third-order valence-electron chi connectivity index (χ3n) is 4.26. The average Bonchev–Trinajstić information content (AvgIpc) is 2.80. The van der Waals surface area contributed by atoms with Crippen LogP contribution >= 0.6 is 11.9 Å². The number of hydrogen-bond acceptors (Lipinski definition) is 3. The Morgan fingerprint density at radius 3 is 1.62 bits per heavy atom. The molecule has 24 heavy (non-hydrogen) atoms. The summed E-state index contributed by atoms with van der Waals surface area (Å²) in [6, 6.07) is 13.2. The van der Waals surface area contributed by atoms with Crippen molar-refractivity contribution in [2.45, 2.75) is 44.4 Å². The molecule has 0 N–H and O–H groups in total. The van der Waals surface area contributed by atoms with Crippen LogP contribution in [0.2, 0.25) is 0 Å². The van der Waals surface area contributed by atoms with E-state index in [0.717, 1.165) is 4.90 Å². The van der Waals surface area contributed by atoms with Crippen LogP contribution in [0, 0.1) is 0 Å². The van der Waals surface area contributed by atoms with Gasteiger partial charge in [-0.25, -0.2) is 4.31 Å². The number of imide groups is 1. The normalized spacial score (nSPS) is 14.0. The van der Waals surface area contributed by atoms with Crippen LogP contribution in [0.5, 0.6) is 0 Å². The van der Waals surface area contributed by atoms with E-state index in [-0.39, 0.29) is 11.8 Å². The smallest absolute Gasteiger partial charge is 0.268 e. The number of rotatable bonds is 4. The van der Waals surface area contributed by atoms with E-state index in [1.54, 1.807) is 24.3 Å². The number of amides is 2. The van der Waals surface area contributed by atoms with Crippen LogP contribution in [-0.4, -0.2) is 16.1 Å². The number of carbonyl (C=O) groups excluding carboxylic acids is 2. The summed E-state index contributed by atoms with van der Waals surface area (Å²) < 4.78 is 1.30. The quantitative estimate of drug-likeness (QED) is 0.565. The van der Waals surface area contributed by atoms with Crippen LogP contribution < -0.4 is 0 Å². The minimum Gasteiger partial charge on any atom is -0.268 e. The molecule has 3 rings (SSSR count). The number of fused-ring (bicyclic) bond motifs is 1. The van der Waals surface area contributed by atoms with Gasteiger partial charge in [0, 0.05) is 4.90 Å². The zero-order valence-corrected chi connectivity index (χ0v) is 15.2. The molecule has 2 aromatic carbocycles. The van der Waals surface area contributed by atoms with Crippen LogP contribution in [0.15, 0.2) is 47.4 Å². The molecule has 2 aromatic rings. The molecule has 2 amide bonds. The minimum absolute atomic E-state index is 0.228. The maximum Gasteiger partial charge on any atom is 0.272 e. The molecule has 1 aliphatic heterocycles. The van der Waals surface area contributed by atoms with Crippen molar-refractivity contribution in [3.05, 3.63) is 64.7 Å². The Morgan fingerprint density at radius 2 is 1.21 bits per heavy atom. The summed E-state index contributed by atoms with van der Waals surface area (Å²) in [5.41, 5.74) is 3.32. The Labute approximate surface area is 147 Å². The fourth-order valence-electron chi connectivity index (χ4n) is 2.93. The Hall–Kier alpha value is -2.07. The Bertz CT molecular complexity index is 750. The second-order valence-corrected chi connectivity index (χ2v) is 7.57. The zero-order valence-electron chi connectivity index (χ0n) is 14.4. The van der Waals surface area contributed by atoms with Gasteiger partial charge < -0.3 is 0 Å². The van der Waals surface area contributed by atoms with Gasteiger partial charge in [0.05, 0.1) is 11.1 Å². The van der Waals surface area contributed by atoms with Crippen LogP contribution in [0.4, 0.5) is 0 Å². The van der Waals surface area contributed by atoms with E-state index < -0.39 is 0 Å². The molecule has 1 aliphatic rings. The van der Waals surface area contributed by atoms with Crippen LogP contribution in [-0.2, 0) is 0 Å². The van der Waals surface area contributed by atoms with Crippen molar-refractivity contribution in [3.8, 4) is 0 Å². The summed E-state index contributed by atoms with van der Waals surface area (Å²) in [7, 11) is 0. The maximum atomic E-state index is 12.7. The van der Waals surface area contributed by atoms with Crippen molar-refractivity contribution in [1.82, 2.24) is 4.31 Å². The standard InChI is InChI=1S/C20H21NO2S/c1-12(2)14-10-7-11-15(13(3)4)18(14)24-21-19(22)16-8-5-6-9-17(16)20(21)23/h5-13H,1-4H3. The second-order valence-electron chi connectivity index (χ2n) is 6.62. The van der Waals surface area contributed by atoms with Gasteiger partial charge in [0.1, 0.15) is 0 Å². The third kappa shape index (κ3) is 2.75. The first kappa shape index (κ1) is 16.8. The van der Waals surface area contributed by atoms with Gasteiger partial charge in [-0.05, 0) is 47.0 Å². The molecule has 124 valence electrons. The van der Waals surface area contributed by atoms with Gasteiger partial charge in [-0.15, -0.1) is 0 Å².